The van der Waals surface area contributed by atoms with E-state index in [2.05, 4.69) is 5.32 Å². The minimum atomic E-state index is -0.903. The highest BCUT2D eigenvalue weighted by Crippen LogP contribution is 2.20. The SMILES string of the molecule is Cn1cc(C(=O)NCC(C)(C)O)c2ccccc21. The number of nitrogens with one attached hydrogen (secondary N) is 1. The fourth-order valence-electron chi connectivity index (χ4n) is 1.91. The fourth-order valence-corrected chi connectivity index (χ4v) is 1.91. The van der Waals surface area contributed by atoms with Gasteiger partial charge in [-0.2, -0.15) is 0 Å². The highest BCUT2D eigenvalue weighted by molar-refractivity contribution is 6.06. The van der Waals surface area contributed by atoms with E-state index < -0.39 is 5.60 Å². The second-order valence-corrected chi connectivity index (χ2v) is 5.17. The first kappa shape index (κ1) is 12.6. The first-order valence-corrected chi connectivity index (χ1v) is 5.93. The predicted octanol–water partition coefficient (Wildman–Crippen LogP) is 1.68. The van der Waals surface area contributed by atoms with Crippen molar-refractivity contribution in [2.24, 2.45) is 7.05 Å². The van der Waals surface area contributed by atoms with Gasteiger partial charge in [0.05, 0.1) is 11.2 Å². The van der Waals surface area contributed by atoms with Gasteiger partial charge in [-0.1, -0.05) is 18.2 Å². The number of benzene rings is 1. The Bertz CT molecular complexity index is 579. The number of amides is 1. The van der Waals surface area contributed by atoms with E-state index in [1.807, 2.05) is 42.1 Å². The first-order valence-electron chi connectivity index (χ1n) is 5.93. The monoisotopic (exact) mass is 246 g/mol. The van der Waals surface area contributed by atoms with Gasteiger partial charge in [-0.3, -0.25) is 4.79 Å². The van der Waals surface area contributed by atoms with Crippen LogP contribution < -0.4 is 5.32 Å². The number of aliphatic hydroxyl groups is 1. The molecule has 18 heavy (non-hydrogen) atoms. The molecule has 1 aromatic heterocycles. The molecular formula is C14H18N2O2. The molecule has 2 rings (SSSR count). The summed E-state index contributed by atoms with van der Waals surface area (Å²) in [7, 11) is 1.91. The molecule has 0 atom stereocenters. The molecule has 1 amide bonds. The number of para-hydroxylation sites is 1. The molecule has 0 bridgehead atoms. The highest BCUT2D eigenvalue weighted by atomic mass is 16.3. The van der Waals surface area contributed by atoms with Crippen molar-refractivity contribution in [3.05, 3.63) is 36.0 Å². The average molecular weight is 246 g/mol. The van der Waals surface area contributed by atoms with Crippen molar-refractivity contribution in [1.82, 2.24) is 9.88 Å². The zero-order valence-corrected chi connectivity index (χ0v) is 10.9. The second kappa shape index (κ2) is 4.46. The Morgan fingerprint density at radius 2 is 2.06 bits per heavy atom. The number of rotatable bonds is 3. The lowest BCUT2D eigenvalue weighted by Crippen LogP contribution is -2.38. The number of aromatic nitrogens is 1. The first-order chi connectivity index (χ1) is 8.38. The third-order valence-corrected chi connectivity index (χ3v) is 2.82. The molecule has 0 saturated heterocycles. The maximum absolute atomic E-state index is 12.1. The van der Waals surface area contributed by atoms with Crippen LogP contribution in [0.3, 0.4) is 0 Å². The summed E-state index contributed by atoms with van der Waals surface area (Å²) in [6.45, 7) is 3.56. The van der Waals surface area contributed by atoms with Crippen molar-refractivity contribution in [3.63, 3.8) is 0 Å². The van der Waals surface area contributed by atoms with Crippen LogP contribution in [0, 0.1) is 0 Å². The van der Waals surface area contributed by atoms with E-state index in [9.17, 15) is 9.90 Å². The molecule has 2 N–H and O–H groups in total. The van der Waals surface area contributed by atoms with Crippen molar-refractivity contribution < 1.29 is 9.90 Å². The molecule has 4 nitrogen and oxygen atoms in total. The second-order valence-electron chi connectivity index (χ2n) is 5.17. The molecule has 4 heteroatoms. The molecule has 0 aliphatic heterocycles. The lowest BCUT2D eigenvalue weighted by molar-refractivity contribution is 0.0695. The third kappa shape index (κ3) is 2.54. The summed E-state index contributed by atoms with van der Waals surface area (Å²) >= 11 is 0. The molecule has 0 aliphatic carbocycles. The zero-order chi connectivity index (χ0) is 13.3. The van der Waals surface area contributed by atoms with Crippen molar-refractivity contribution in [2.75, 3.05) is 6.54 Å². The summed E-state index contributed by atoms with van der Waals surface area (Å²) in [6.07, 6.45) is 1.81. The number of carbonyl (C=O) groups excluding carboxylic acids is 1. The van der Waals surface area contributed by atoms with Gasteiger partial charge < -0.3 is 15.0 Å². The minimum absolute atomic E-state index is 0.158. The summed E-state index contributed by atoms with van der Waals surface area (Å²) in [5, 5.41) is 13.3. The van der Waals surface area contributed by atoms with Crippen molar-refractivity contribution in [1.29, 1.82) is 0 Å². The van der Waals surface area contributed by atoms with Crippen LogP contribution in [0.1, 0.15) is 24.2 Å². The Hall–Kier alpha value is -1.81. The fraction of sp³-hybridized carbons (Fsp3) is 0.357. The lowest BCUT2D eigenvalue weighted by atomic mass is 10.1. The highest BCUT2D eigenvalue weighted by Gasteiger charge is 2.17. The molecule has 96 valence electrons. The van der Waals surface area contributed by atoms with Gasteiger partial charge in [0.2, 0.25) is 0 Å². The van der Waals surface area contributed by atoms with Crippen LogP contribution in [0.15, 0.2) is 30.5 Å². The summed E-state index contributed by atoms with van der Waals surface area (Å²) < 4.78 is 1.92. The molecule has 0 saturated carbocycles. The standard InChI is InChI=1S/C14H18N2O2/c1-14(2,18)9-15-13(17)11-8-16(3)12-7-5-4-6-10(11)12/h4-8,18H,9H2,1-3H3,(H,15,17). The Balaban J connectivity index is 2.28. The van der Waals surface area contributed by atoms with E-state index in [-0.39, 0.29) is 12.5 Å². The molecule has 1 aromatic carbocycles. The van der Waals surface area contributed by atoms with Crippen molar-refractivity contribution in [3.8, 4) is 0 Å². The number of aryl methyl sites for hydroxylation is 1. The topological polar surface area (TPSA) is 54.3 Å². The van der Waals surface area contributed by atoms with Gasteiger partial charge in [0.25, 0.3) is 5.91 Å². The zero-order valence-electron chi connectivity index (χ0n) is 10.9. The van der Waals surface area contributed by atoms with Gasteiger partial charge in [0.15, 0.2) is 0 Å². The summed E-state index contributed by atoms with van der Waals surface area (Å²) in [6, 6.07) is 7.76. The predicted molar refractivity (Wildman–Crippen MR) is 71.6 cm³/mol. The number of hydrogen-bond donors (Lipinski definition) is 2. The number of fused-ring (bicyclic) bond motifs is 1. The molecule has 0 fully saturated rings. The summed E-state index contributed by atoms with van der Waals surface area (Å²) in [5.74, 6) is -0.158. The molecule has 2 aromatic rings. The Morgan fingerprint density at radius 3 is 2.72 bits per heavy atom. The Kier molecular flexibility index (Phi) is 3.13. The largest absolute Gasteiger partial charge is 0.389 e. The summed E-state index contributed by atoms with van der Waals surface area (Å²) in [4.78, 5) is 12.1. The van der Waals surface area contributed by atoms with E-state index in [0.717, 1.165) is 10.9 Å². The summed E-state index contributed by atoms with van der Waals surface area (Å²) in [5.41, 5.74) is 0.753. The quantitative estimate of drug-likeness (QED) is 0.865. The normalized spacial score (nSPS) is 11.8. The van der Waals surface area contributed by atoms with Crippen LogP contribution in [-0.4, -0.2) is 27.7 Å². The minimum Gasteiger partial charge on any atom is -0.389 e. The third-order valence-electron chi connectivity index (χ3n) is 2.82. The van der Waals surface area contributed by atoms with Crippen LogP contribution in [0.2, 0.25) is 0 Å². The molecule has 0 unspecified atom stereocenters. The number of hydrogen-bond acceptors (Lipinski definition) is 2. The maximum atomic E-state index is 12.1. The maximum Gasteiger partial charge on any atom is 0.253 e. The Morgan fingerprint density at radius 1 is 1.39 bits per heavy atom. The van der Waals surface area contributed by atoms with Crippen LogP contribution in [0.4, 0.5) is 0 Å². The smallest absolute Gasteiger partial charge is 0.253 e. The molecule has 0 aliphatic rings. The van der Waals surface area contributed by atoms with E-state index in [1.165, 1.54) is 0 Å². The Labute approximate surface area is 106 Å². The van der Waals surface area contributed by atoms with E-state index in [1.54, 1.807) is 13.8 Å². The van der Waals surface area contributed by atoms with E-state index in [0.29, 0.717) is 5.56 Å². The van der Waals surface area contributed by atoms with Crippen molar-refractivity contribution >= 4 is 16.8 Å². The van der Waals surface area contributed by atoms with Gasteiger partial charge in [-0.25, -0.2) is 0 Å². The van der Waals surface area contributed by atoms with Gasteiger partial charge in [0, 0.05) is 30.7 Å². The molecule has 0 radical (unpaired) electrons. The van der Waals surface area contributed by atoms with Gasteiger partial charge >= 0.3 is 0 Å². The van der Waals surface area contributed by atoms with Crippen LogP contribution in [0.25, 0.3) is 10.9 Å². The van der Waals surface area contributed by atoms with E-state index >= 15 is 0 Å². The van der Waals surface area contributed by atoms with Gasteiger partial charge in [-0.05, 0) is 19.9 Å². The van der Waals surface area contributed by atoms with E-state index in [4.69, 9.17) is 0 Å². The number of carbonyl (C=O) groups is 1. The van der Waals surface area contributed by atoms with Gasteiger partial charge in [0.1, 0.15) is 0 Å². The van der Waals surface area contributed by atoms with Crippen molar-refractivity contribution in [2.45, 2.75) is 19.4 Å². The number of nitrogens with zero attached hydrogens (tertiary/aromatic N) is 1. The van der Waals surface area contributed by atoms with Crippen LogP contribution in [-0.2, 0) is 7.05 Å². The molecular weight excluding hydrogens is 228 g/mol. The molecule has 0 spiro atoms. The average Bonchev–Trinajstić information content (AvgIpc) is 2.64. The van der Waals surface area contributed by atoms with Crippen LogP contribution in [0.5, 0.6) is 0 Å². The molecule has 1 heterocycles. The van der Waals surface area contributed by atoms with Gasteiger partial charge in [-0.15, -0.1) is 0 Å². The van der Waals surface area contributed by atoms with Crippen LogP contribution >= 0.6 is 0 Å². The lowest BCUT2D eigenvalue weighted by Gasteiger charge is -2.17.